The van der Waals surface area contributed by atoms with Gasteiger partial charge in [0.2, 0.25) is 5.91 Å². The van der Waals surface area contributed by atoms with Crippen LogP contribution in [0.1, 0.15) is 31.7 Å². The third-order valence-corrected chi connectivity index (χ3v) is 5.09. The highest BCUT2D eigenvalue weighted by Gasteiger charge is 2.31. The zero-order valence-electron chi connectivity index (χ0n) is 16.7. The molecule has 0 spiro atoms. The van der Waals surface area contributed by atoms with E-state index in [9.17, 15) is 13.6 Å². The molecule has 1 amide bonds. The van der Waals surface area contributed by atoms with Crippen LogP contribution in [0.2, 0.25) is 0 Å². The molecule has 0 saturated carbocycles. The predicted octanol–water partition coefficient (Wildman–Crippen LogP) is 4.55. The normalized spacial score (nSPS) is 15.8. The summed E-state index contributed by atoms with van der Waals surface area (Å²) in [4.78, 5) is 18.6. The van der Waals surface area contributed by atoms with Gasteiger partial charge in [-0.25, -0.2) is 8.78 Å². The number of carbonyl (C=O) groups excluding carboxylic acids is 1. The maximum absolute atomic E-state index is 14.4. The quantitative estimate of drug-likeness (QED) is 0.480. The molecule has 0 radical (unpaired) electrons. The van der Waals surface area contributed by atoms with Crippen LogP contribution in [0.15, 0.2) is 41.4 Å². The second-order valence-corrected chi connectivity index (χ2v) is 6.92. The van der Waals surface area contributed by atoms with Gasteiger partial charge >= 0.3 is 0 Å². The Morgan fingerprint density at radius 1 is 1.17 bits per heavy atom. The van der Waals surface area contributed by atoms with Gasteiger partial charge in [-0.2, -0.15) is 0 Å². The molecule has 2 N–H and O–H groups in total. The molecule has 1 atom stereocenters. The van der Waals surface area contributed by atoms with E-state index < -0.39 is 17.6 Å². The first kappa shape index (κ1) is 20.9. The number of carbonyl (C=O) groups is 1. The molecular weight excluding hydrogens is 374 g/mol. The number of aliphatic imine (C=N–C) groups is 1. The Labute approximate surface area is 169 Å². The van der Waals surface area contributed by atoms with Gasteiger partial charge in [-0.3, -0.25) is 9.79 Å². The summed E-state index contributed by atoms with van der Waals surface area (Å²) in [5, 5.41) is 5.73. The van der Waals surface area contributed by atoms with Crippen LogP contribution in [0, 0.1) is 11.6 Å². The highest BCUT2D eigenvalue weighted by atomic mass is 19.1. The Kier molecular flexibility index (Phi) is 6.93. The zero-order chi connectivity index (χ0) is 20.8. The summed E-state index contributed by atoms with van der Waals surface area (Å²) in [6.45, 7) is 7.89. The number of fused-ring (bicyclic) bond motifs is 1. The summed E-state index contributed by atoms with van der Waals surface area (Å²) in [5.41, 5.74) is 1.50. The molecule has 2 aromatic rings. The highest BCUT2D eigenvalue weighted by Crippen LogP contribution is 2.34. The lowest BCUT2D eigenvalue weighted by Crippen LogP contribution is -2.25. The summed E-state index contributed by atoms with van der Waals surface area (Å²) in [5.74, 6) is -2.05. The number of hydrogen-bond donors (Lipinski definition) is 2. The SMILES string of the molecule is CCN(CC)CCCNc1ccc(N=CC2C(=O)Nc3cccc(F)c32)cc1F. The Hall–Kier alpha value is -2.80. The van der Waals surface area contributed by atoms with E-state index in [2.05, 4.69) is 34.4 Å². The van der Waals surface area contributed by atoms with E-state index in [4.69, 9.17) is 0 Å². The average molecular weight is 400 g/mol. The lowest BCUT2D eigenvalue weighted by atomic mass is 10.0. The van der Waals surface area contributed by atoms with Gasteiger partial charge in [0.05, 0.1) is 11.4 Å². The van der Waals surface area contributed by atoms with Gasteiger partial charge in [0.1, 0.15) is 17.6 Å². The van der Waals surface area contributed by atoms with Crippen molar-refractivity contribution in [1.29, 1.82) is 0 Å². The number of anilines is 2. The van der Waals surface area contributed by atoms with E-state index in [0.29, 0.717) is 23.6 Å². The van der Waals surface area contributed by atoms with Crippen molar-refractivity contribution >= 4 is 29.2 Å². The minimum Gasteiger partial charge on any atom is -0.383 e. The van der Waals surface area contributed by atoms with Gasteiger partial charge in [-0.15, -0.1) is 0 Å². The van der Waals surface area contributed by atoms with E-state index in [1.165, 1.54) is 24.4 Å². The first-order valence-corrected chi connectivity index (χ1v) is 9.92. The van der Waals surface area contributed by atoms with Gasteiger partial charge in [0.15, 0.2) is 0 Å². The Morgan fingerprint density at radius 2 is 1.97 bits per heavy atom. The van der Waals surface area contributed by atoms with Crippen LogP contribution in [0.25, 0.3) is 0 Å². The Balaban J connectivity index is 1.62. The number of hydrogen-bond acceptors (Lipinski definition) is 4. The predicted molar refractivity (Wildman–Crippen MR) is 113 cm³/mol. The molecule has 0 saturated heterocycles. The lowest BCUT2D eigenvalue weighted by molar-refractivity contribution is -0.115. The molecule has 29 heavy (non-hydrogen) atoms. The van der Waals surface area contributed by atoms with E-state index in [-0.39, 0.29) is 11.5 Å². The number of rotatable bonds is 9. The maximum Gasteiger partial charge on any atom is 0.237 e. The fourth-order valence-electron chi connectivity index (χ4n) is 3.40. The van der Waals surface area contributed by atoms with Gasteiger partial charge in [-0.05, 0) is 50.3 Å². The first-order chi connectivity index (χ1) is 14.0. The van der Waals surface area contributed by atoms with Crippen molar-refractivity contribution < 1.29 is 13.6 Å². The highest BCUT2D eigenvalue weighted by molar-refractivity contribution is 6.12. The van der Waals surface area contributed by atoms with Crippen molar-refractivity contribution in [1.82, 2.24) is 4.90 Å². The molecule has 1 aliphatic heterocycles. The fraction of sp³-hybridized carbons (Fsp3) is 0.364. The number of halogens is 2. The second-order valence-electron chi connectivity index (χ2n) is 6.92. The first-order valence-electron chi connectivity index (χ1n) is 9.92. The topological polar surface area (TPSA) is 56.7 Å². The maximum atomic E-state index is 14.4. The van der Waals surface area contributed by atoms with Crippen molar-refractivity contribution in [2.75, 3.05) is 36.8 Å². The molecular formula is C22H26F2N4O. The smallest absolute Gasteiger partial charge is 0.237 e. The average Bonchev–Trinajstić information content (AvgIpc) is 3.04. The van der Waals surface area contributed by atoms with Crippen LogP contribution in [0.4, 0.5) is 25.8 Å². The molecule has 3 rings (SSSR count). The molecule has 0 aliphatic carbocycles. The van der Waals surface area contributed by atoms with Crippen LogP contribution < -0.4 is 10.6 Å². The molecule has 154 valence electrons. The van der Waals surface area contributed by atoms with Crippen LogP contribution in [-0.2, 0) is 4.79 Å². The molecule has 2 aromatic carbocycles. The third-order valence-electron chi connectivity index (χ3n) is 5.09. The Bertz CT molecular complexity index is 896. The largest absolute Gasteiger partial charge is 0.383 e. The van der Waals surface area contributed by atoms with Crippen LogP contribution in [0.5, 0.6) is 0 Å². The summed E-state index contributed by atoms with van der Waals surface area (Å²) in [6.07, 6.45) is 2.28. The molecule has 1 unspecified atom stereocenters. The number of nitrogens with zero attached hydrogens (tertiary/aromatic N) is 2. The Morgan fingerprint density at radius 3 is 2.69 bits per heavy atom. The van der Waals surface area contributed by atoms with E-state index in [0.717, 1.165) is 26.1 Å². The summed E-state index contributed by atoms with van der Waals surface area (Å²) >= 11 is 0. The standard InChI is InChI=1S/C22H26F2N4O/c1-3-28(4-2)12-6-11-25-19-10-9-15(13-18(19)24)26-14-16-21-17(23)7-5-8-20(21)27-22(16)29/h5,7-10,13-14,16,25H,3-4,6,11-12H2,1-2H3,(H,27,29). The van der Waals surface area contributed by atoms with Crippen molar-refractivity contribution in [3.05, 3.63) is 53.6 Å². The molecule has 1 heterocycles. The number of amides is 1. The molecule has 5 nitrogen and oxygen atoms in total. The van der Waals surface area contributed by atoms with Crippen LogP contribution in [-0.4, -0.2) is 43.2 Å². The van der Waals surface area contributed by atoms with Crippen molar-refractivity contribution in [2.24, 2.45) is 4.99 Å². The second kappa shape index (κ2) is 9.60. The minimum absolute atomic E-state index is 0.271. The van der Waals surface area contributed by atoms with E-state index in [1.807, 2.05) is 0 Å². The molecule has 1 aliphatic rings. The molecule has 7 heteroatoms. The van der Waals surface area contributed by atoms with Crippen LogP contribution in [0.3, 0.4) is 0 Å². The monoisotopic (exact) mass is 400 g/mol. The van der Waals surface area contributed by atoms with E-state index >= 15 is 0 Å². The molecule has 0 fully saturated rings. The van der Waals surface area contributed by atoms with E-state index in [1.54, 1.807) is 18.2 Å². The van der Waals surface area contributed by atoms with Crippen molar-refractivity contribution in [3.8, 4) is 0 Å². The summed E-state index contributed by atoms with van der Waals surface area (Å²) in [7, 11) is 0. The summed E-state index contributed by atoms with van der Waals surface area (Å²) in [6, 6.07) is 9.09. The van der Waals surface area contributed by atoms with Gasteiger partial charge in [0.25, 0.3) is 0 Å². The van der Waals surface area contributed by atoms with Gasteiger partial charge < -0.3 is 15.5 Å². The fourth-order valence-corrected chi connectivity index (χ4v) is 3.40. The minimum atomic E-state index is -0.827. The zero-order valence-corrected chi connectivity index (χ0v) is 16.7. The number of benzene rings is 2. The number of nitrogens with one attached hydrogen (secondary N) is 2. The lowest BCUT2D eigenvalue weighted by Gasteiger charge is -2.18. The van der Waals surface area contributed by atoms with Crippen molar-refractivity contribution in [2.45, 2.75) is 26.2 Å². The summed E-state index contributed by atoms with van der Waals surface area (Å²) < 4.78 is 28.4. The van der Waals surface area contributed by atoms with Gasteiger partial charge in [0, 0.05) is 30.1 Å². The third kappa shape index (κ3) is 4.98. The van der Waals surface area contributed by atoms with Crippen molar-refractivity contribution in [3.63, 3.8) is 0 Å². The molecule has 0 aromatic heterocycles. The van der Waals surface area contributed by atoms with Crippen LogP contribution >= 0.6 is 0 Å². The van der Waals surface area contributed by atoms with Gasteiger partial charge in [-0.1, -0.05) is 19.9 Å². The molecule has 0 bridgehead atoms.